The van der Waals surface area contributed by atoms with Gasteiger partial charge in [0.25, 0.3) is 5.91 Å². The smallest absolute Gasteiger partial charge is 0.268 e. The van der Waals surface area contributed by atoms with E-state index in [0.717, 1.165) is 36.2 Å². The Hall–Kier alpha value is -1.25. The maximum Gasteiger partial charge on any atom is 0.268 e. The van der Waals surface area contributed by atoms with E-state index in [4.69, 9.17) is 0 Å². The number of halogens is 1. The first kappa shape index (κ1) is 14.7. The predicted octanol–water partition coefficient (Wildman–Crippen LogP) is 2.36. The standard InChI is InChI=1S/C13H16BrN5OS/c1-19-13(17-12(20)10-6-9(14)7-21-10)16-11(18-19)8-2-4-15-5-3-8/h6-8,15H,2-5H2,1H3,(H,16,17,18,20). The molecule has 0 spiro atoms. The van der Waals surface area contributed by atoms with E-state index >= 15 is 0 Å². The van der Waals surface area contributed by atoms with Crippen molar-refractivity contribution in [2.45, 2.75) is 18.8 Å². The maximum atomic E-state index is 12.2. The molecule has 0 saturated carbocycles. The fraction of sp³-hybridized carbons (Fsp3) is 0.462. The molecule has 0 unspecified atom stereocenters. The predicted molar refractivity (Wildman–Crippen MR) is 85.8 cm³/mol. The fourth-order valence-electron chi connectivity index (χ4n) is 2.36. The van der Waals surface area contributed by atoms with Gasteiger partial charge in [-0.25, -0.2) is 4.68 Å². The average molecular weight is 370 g/mol. The second-order valence-corrected chi connectivity index (χ2v) is 6.85. The molecule has 3 heterocycles. The summed E-state index contributed by atoms with van der Waals surface area (Å²) in [6, 6.07) is 1.80. The second kappa shape index (κ2) is 6.25. The number of carbonyl (C=O) groups excluding carboxylic acids is 1. The number of carbonyl (C=O) groups is 1. The number of nitrogens with zero attached hydrogens (tertiary/aromatic N) is 3. The molecule has 1 aliphatic heterocycles. The number of hydrogen-bond acceptors (Lipinski definition) is 5. The number of amides is 1. The van der Waals surface area contributed by atoms with Gasteiger partial charge in [-0.1, -0.05) is 0 Å². The summed E-state index contributed by atoms with van der Waals surface area (Å²) in [5.41, 5.74) is 0. The molecule has 1 amide bonds. The molecule has 0 bridgehead atoms. The van der Waals surface area contributed by atoms with E-state index in [1.165, 1.54) is 11.3 Å². The molecule has 0 radical (unpaired) electrons. The summed E-state index contributed by atoms with van der Waals surface area (Å²) < 4.78 is 2.55. The van der Waals surface area contributed by atoms with Crippen molar-refractivity contribution < 1.29 is 4.79 Å². The van der Waals surface area contributed by atoms with E-state index in [-0.39, 0.29) is 5.91 Å². The van der Waals surface area contributed by atoms with Crippen LogP contribution in [0.15, 0.2) is 15.9 Å². The molecule has 112 valence electrons. The van der Waals surface area contributed by atoms with Crippen molar-refractivity contribution >= 4 is 39.1 Å². The minimum Gasteiger partial charge on any atom is -0.317 e. The van der Waals surface area contributed by atoms with E-state index in [1.807, 2.05) is 5.38 Å². The number of nitrogens with one attached hydrogen (secondary N) is 2. The first-order chi connectivity index (χ1) is 10.1. The van der Waals surface area contributed by atoms with Gasteiger partial charge in [0.1, 0.15) is 0 Å². The van der Waals surface area contributed by atoms with E-state index in [2.05, 4.69) is 36.6 Å². The molecule has 2 aromatic rings. The first-order valence-electron chi connectivity index (χ1n) is 6.80. The lowest BCUT2D eigenvalue weighted by Crippen LogP contribution is -2.27. The van der Waals surface area contributed by atoms with Gasteiger partial charge < -0.3 is 5.32 Å². The third-order valence-electron chi connectivity index (χ3n) is 3.50. The van der Waals surface area contributed by atoms with Crippen molar-refractivity contribution in [1.82, 2.24) is 20.1 Å². The summed E-state index contributed by atoms with van der Waals surface area (Å²) in [6.45, 7) is 1.99. The van der Waals surface area contributed by atoms with E-state index in [1.54, 1.807) is 17.8 Å². The van der Waals surface area contributed by atoms with Gasteiger partial charge in [0, 0.05) is 22.8 Å². The minimum atomic E-state index is -0.155. The number of anilines is 1. The molecule has 0 atom stereocenters. The summed E-state index contributed by atoms with van der Waals surface area (Å²) in [5, 5.41) is 12.5. The van der Waals surface area contributed by atoms with Crippen LogP contribution in [0.25, 0.3) is 0 Å². The molecule has 1 aliphatic rings. The summed E-state index contributed by atoms with van der Waals surface area (Å²) in [5.74, 6) is 1.54. The molecule has 2 aromatic heterocycles. The van der Waals surface area contributed by atoms with Gasteiger partial charge in [0.2, 0.25) is 5.95 Å². The molecular formula is C13H16BrN5OS. The molecule has 0 aromatic carbocycles. The van der Waals surface area contributed by atoms with Crippen LogP contribution in [0.1, 0.15) is 34.3 Å². The summed E-state index contributed by atoms with van der Waals surface area (Å²) in [6.07, 6.45) is 2.07. The van der Waals surface area contributed by atoms with E-state index < -0.39 is 0 Å². The van der Waals surface area contributed by atoms with Gasteiger partial charge in [0.15, 0.2) is 5.82 Å². The Morgan fingerprint density at radius 3 is 2.95 bits per heavy atom. The second-order valence-electron chi connectivity index (χ2n) is 5.02. The largest absolute Gasteiger partial charge is 0.317 e. The lowest BCUT2D eigenvalue weighted by molar-refractivity contribution is 0.102. The highest BCUT2D eigenvalue weighted by Gasteiger charge is 2.21. The van der Waals surface area contributed by atoms with Crippen LogP contribution in [-0.2, 0) is 7.05 Å². The van der Waals surface area contributed by atoms with Crippen LogP contribution in [0, 0.1) is 0 Å². The van der Waals surface area contributed by atoms with Gasteiger partial charge in [-0.15, -0.1) is 11.3 Å². The number of hydrogen-bond donors (Lipinski definition) is 2. The van der Waals surface area contributed by atoms with Gasteiger partial charge in [-0.3, -0.25) is 10.1 Å². The van der Waals surface area contributed by atoms with Crippen LogP contribution in [-0.4, -0.2) is 33.8 Å². The molecule has 0 aliphatic carbocycles. The van der Waals surface area contributed by atoms with Crippen LogP contribution in [0.2, 0.25) is 0 Å². The third kappa shape index (κ3) is 3.33. The monoisotopic (exact) mass is 369 g/mol. The summed E-state index contributed by atoms with van der Waals surface area (Å²) in [7, 11) is 1.80. The highest BCUT2D eigenvalue weighted by Crippen LogP contribution is 2.24. The Kier molecular flexibility index (Phi) is 4.37. The molecule has 1 saturated heterocycles. The molecule has 21 heavy (non-hydrogen) atoms. The van der Waals surface area contributed by atoms with Gasteiger partial charge >= 0.3 is 0 Å². The fourth-order valence-corrected chi connectivity index (χ4v) is 3.68. The van der Waals surface area contributed by atoms with Crippen LogP contribution >= 0.6 is 27.3 Å². The normalized spacial score (nSPS) is 16.1. The first-order valence-corrected chi connectivity index (χ1v) is 8.48. The quantitative estimate of drug-likeness (QED) is 0.870. The number of piperidine rings is 1. The Morgan fingerprint density at radius 1 is 1.52 bits per heavy atom. The molecular weight excluding hydrogens is 354 g/mol. The Balaban J connectivity index is 1.73. The zero-order valence-electron chi connectivity index (χ0n) is 11.6. The topological polar surface area (TPSA) is 71.8 Å². The van der Waals surface area contributed by atoms with Crippen LogP contribution in [0.4, 0.5) is 5.95 Å². The molecule has 1 fully saturated rings. The average Bonchev–Trinajstić information content (AvgIpc) is 3.07. The SMILES string of the molecule is Cn1nc(C2CCNCC2)nc1NC(=O)c1cc(Br)cs1. The highest BCUT2D eigenvalue weighted by molar-refractivity contribution is 9.10. The van der Waals surface area contributed by atoms with Gasteiger partial charge in [0.05, 0.1) is 4.88 Å². The van der Waals surface area contributed by atoms with Gasteiger partial charge in [-0.2, -0.15) is 10.1 Å². The number of rotatable bonds is 3. The van der Waals surface area contributed by atoms with Crippen LogP contribution in [0.3, 0.4) is 0 Å². The number of aryl methyl sites for hydroxylation is 1. The number of aromatic nitrogens is 3. The summed E-state index contributed by atoms with van der Waals surface area (Å²) >= 11 is 4.74. The zero-order chi connectivity index (χ0) is 14.8. The van der Waals surface area contributed by atoms with E-state index in [0.29, 0.717) is 16.7 Å². The molecule has 8 heteroatoms. The minimum absolute atomic E-state index is 0.155. The Bertz CT molecular complexity index is 647. The van der Waals surface area contributed by atoms with Crippen molar-refractivity contribution in [3.63, 3.8) is 0 Å². The Morgan fingerprint density at radius 2 is 2.29 bits per heavy atom. The van der Waals surface area contributed by atoms with Gasteiger partial charge in [-0.05, 0) is 47.9 Å². The van der Waals surface area contributed by atoms with E-state index in [9.17, 15) is 4.79 Å². The maximum absolute atomic E-state index is 12.2. The van der Waals surface area contributed by atoms with Crippen molar-refractivity contribution in [1.29, 1.82) is 0 Å². The lowest BCUT2D eigenvalue weighted by Gasteiger charge is -2.19. The zero-order valence-corrected chi connectivity index (χ0v) is 14.0. The molecule has 2 N–H and O–H groups in total. The van der Waals surface area contributed by atoms with Crippen molar-refractivity contribution in [2.24, 2.45) is 7.05 Å². The van der Waals surface area contributed by atoms with Crippen LogP contribution < -0.4 is 10.6 Å². The summed E-state index contributed by atoms with van der Waals surface area (Å²) in [4.78, 5) is 17.3. The van der Waals surface area contributed by atoms with Crippen LogP contribution in [0.5, 0.6) is 0 Å². The number of thiophene rings is 1. The third-order valence-corrected chi connectivity index (χ3v) is 5.19. The van der Waals surface area contributed by atoms with Crippen molar-refractivity contribution in [3.05, 3.63) is 26.6 Å². The molecule has 3 rings (SSSR count). The Labute approximate surface area is 135 Å². The highest BCUT2D eigenvalue weighted by atomic mass is 79.9. The molecule has 6 nitrogen and oxygen atoms in total. The lowest BCUT2D eigenvalue weighted by atomic mass is 9.98. The van der Waals surface area contributed by atoms with Crippen molar-refractivity contribution in [3.8, 4) is 0 Å². The van der Waals surface area contributed by atoms with Crippen molar-refractivity contribution in [2.75, 3.05) is 18.4 Å².